The number of aromatic amines is 1. The third kappa shape index (κ3) is 4.53. The first-order valence-electron chi connectivity index (χ1n) is 9.81. The largest absolute Gasteiger partial charge is 0.448 e. The number of esters is 1. The summed E-state index contributed by atoms with van der Waals surface area (Å²) < 4.78 is 5.54. The summed E-state index contributed by atoms with van der Waals surface area (Å²) in [6.07, 6.45) is 0.495. The molecule has 6 nitrogen and oxygen atoms in total. The normalized spacial score (nSPS) is 11.6. The summed E-state index contributed by atoms with van der Waals surface area (Å²) in [6, 6.07) is 24.8. The Hall–Kier alpha value is -4.19. The van der Waals surface area contributed by atoms with Gasteiger partial charge in [0.15, 0.2) is 6.10 Å². The molecule has 2 N–H and O–H groups in total. The number of amides is 1. The maximum absolute atomic E-state index is 13.3. The number of ether oxygens (including phenoxy) is 1. The van der Waals surface area contributed by atoms with Crippen LogP contribution in [0.5, 0.6) is 0 Å². The Balaban J connectivity index is 1.52. The molecule has 0 aliphatic heterocycles. The van der Waals surface area contributed by atoms with Crippen LogP contribution in [0.4, 0.5) is 0 Å². The lowest BCUT2D eigenvalue weighted by molar-refractivity contribution is -0.146. The van der Waals surface area contributed by atoms with Gasteiger partial charge in [-0.15, -0.1) is 0 Å². The average Bonchev–Trinajstić information content (AvgIpc) is 3.26. The summed E-state index contributed by atoms with van der Waals surface area (Å²) in [6.45, 7) is -0.349. The lowest BCUT2D eigenvalue weighted by Gasteiger charge is -2.17. The van der Waals surface area contributed by atoms with E-state index in [1.807, 2.05) is 30.3 Å². The molecule has 31 heavy (non-hydrogen) atoms. The van der Waals surface area contributed by atoms with Crippen LogP contribution in [0.25, 0.3) is 10.9 Å². The standard InChI is InChI=1S/C25H20N2O4/c28-22(16-27-25(30)18-11-5-2-6-12-18)31-24(17-9-3-1-4-10-17)23(29)20-15-26-21-14-8-7-13-19(20)21/h1-15,24,26H,16H2,(H,27,30)/t24-/m0/s1. The zero-order valence-electron chi connectivity index (χ0n) is 16.6. The fourth-order valence-corrected chi connectivity index (χ4v) is 3.33. The summed E-state index contributed by atoms with van der Waals surface area (Å²) in [5.41, 5.74) is 2.25. The molecule has 6 heteroatoms. The van der Waals surface area contributed by atoms with E-state index in [2.05, 4.69) is 10.3 Å². The number of ketones is 1. The molecular formula is C25H20N2O4. The number of carbonyl (C=O) groups excluding carboxylic acids is 3. The Labute approximate surface area is 178 Å². The molecule has 0 saturated carbocycles. The molecule has 154 valence electrons. The maximum atomic E-state index is 13.3. The van der Waals surface area contributed by atoms with E-state index in [0.29, 0.717) is 16.7 Å². The summed E-state index contributed by atoms with van der Waals surface area (Å²) >= 11 is 0. The second kappa shape index (κ2) is 9.09. The number of nitrogens with one attached hydrogen (secondary N) is 2. The van der Waals surface area contributed by atoms with Crippen molar-refractivity contribution in [2.45, 2.75) is 6.10 Å². The molecule has 4 rings (SSSR count). The van der Waals surface area contributed by atoms with E-state index >= 15 is 0 Å². The highest BCUT2D eigenvalue weighted by atomic mass is 16.5. The van der Waals surface area contributed by atoms with Gasteiger partial charge in [-0.1, -0.05) is 66.7 Å². The number of Topliss-reactive ketones (excluding diaryl/α,β-unsaturated/α-hetero) is 1. The zero-order valence-corrected chi connectivity index (χ0v) is 16.6. The van der Waals surface area contributed by atoms with Gasteiger partial charge in [-0.2, -0.15) is 0 Å². The molecule has 0 spiro atoms. The summed E-state index contributed by atoms with van der Waals surface area (Å²) in [5.74, 6) is -1.44. The van der Waals surface area contributed by atoms with Crippen molar-refractivity contribution < 1.29 is 19.1 Å². The topological polar surface area (TPSA) is 88.3 Å². The van der Waals surface area contributed by atoms with Crippen molar-refractivity contribution in [2.75, 3.05) is 6.54 Å². The number of benzene rings is 3. The highest BCUT2D eigenvalue weighted by Crippen LogP contribution is 2.27. The van der Waals surface area contributed by atoms with Crippen LogP contribution < -0.4 is 5.32 Å². The highest BCUT2D eigenvalue weighted by molar-refractivity contribution is 6.10. The van der Waals surface area contributed by atoms with E-state index in [1.165, 1.54) is 0 Å². The fraction of sp³-hybridized carbons (Fsp3) is 0.0800. The number of H-pyrrole nitrogens is 1. The number of aromatic nitrogens is 1. The third-order valence-electron chi connectivity index (χ3n) is 4.87. The second-order valence-corrected chi connectivity index (χ2v) is 6.94. The van der Waals surface area contributed by atoms with Gasteiger partial charge >= 0.3 is 5.97 Å². The van der Waals surface area contributed by atoms with E-state index < -0.39 is 18.0 Å². The average molecular weight is 412 g/mol. The minimum Gasteiger partial charge on any atom is -0.448 e. The smallest absolute Gasteiger partial charge is 0.326 e. The molecule has 0 bridgehead atoms. The van der Waals surface area contributed by atoms with Crippen LogP contribution in [0.2, 0.25) is 0 Å². The van der Waals surface area contributed by atoms with Crippen LogP contribution in [-0.2, 0) is 9.53 Å². The molecule has 0 saturated heterocycles. The van der Waals surface area contributed by atoms with Crippen LogP contribution in [-0.4, -0.2) is 29.2 Å². The quantitative estimate of drug-likeness (QED) is 0.354. The number of carbonyl (C=O) groups is 3. The predicted octanol–water partition coefficient (Wildman–Crippen LogP) is 4.07. The fourth-order valence-electron chi connectivity index (χ4n) is 3.33. The first-order chi connectivity index (χ1) is 15.1. The number of hydrogen-bond donors (Lipinski definition) is 2. The molecule has 1 amide bonds. The Bertz CT molecular complexity index is 1220. The van der Waals surface area contributed by atoms with Crippen molar-refractivity contribution in [1.29, 1.82) is 0 Å². The molecule has 1 aromatic heterocycles. The van der Waals surface area contributed by atoms with Crippen molar-refractivity contribution in [3.8, 4) is 0 Å². The van der Waals surface area contributed by atoms with Gasteiger partial charge in [0.1, 0.15) is 6.54 Å². The van der Waals surface area contributed by atoms with Crippen LogP contribution in [0.1, 0.15) is 32.4 Å². The maximum Gasteiger partial charge on any atom is 0.326 e. The third-order valence-corrected chi connectivity index (χ3v) is 4.87. The molecule has 0 radical (unpaired) electrons. The summed E-state index contributed by atoms with van der Waals surface area (Å²) in [7, 11) is 0. The van der Waals surface area contributed by atoms with Gasteiger partial charge < -0.3 is 15.0 Å². The zero-order chi connectivity index (χ0) is 21.6. The van der Waals surface area contributed by atoms with Crippen LogP contribution in [0.3, 0.4) is 0 Å². The first-order valence-corrected chi connectivity index (χ1v) is 9.81. The molecule has 4 aromatic rings. The van der Waals surface area contributed by atoms with E-state index in [-0.39, 0.29) is 12.3 Å². The van der Waals surface area contributed by atoms with Gasteiger partial charge in [-0.25, -0.2) is 0 Å². The molecular weight excluding hydrogens is 392 g/mol. The second-order valence-electron chi connectivity index (χ2n) is 6.94. The van der Waals surface area contributed by atoms with Crippen LogP contribution >= 0.6 is 0 Å². The molecule has 0 unspecified atom stereocenters. The first kappa shape index (κ1) is 20.1. The monoisotopic (exact) mass is 412 g/mol. The van der Waals surface area contributed by atoms with Gasteiger partial charge in [0.25, 0.3) is 5.91 Å². The van der Waals surface area contributed by atoms with E-state index in [0.717, 1.165) is 10.9 Å². The SMILES string of the molecule is O=C(CNC(=O)c1ccccc1)O[C@H](C(=O)c1c[nH]c2ccccc12)c1ccccc1. The number of fused-ring (bicyclic) bond motifs is 1. The Morgan fingerprint density at radius 3 is 2.23 bits per heavy atom. The Kier molecular flexibility index (Phi) is 5.89. The van der Waals surface area contributed by atoms with Crippen molar-refractivity contribution in [3.05, 3.63) is 108 Å². The lowest BCUT2D eigenvalue weighted by Crippen LogP contribution is -2.32. The molecule has 0 aliphatic rings. The molecule has 1 heterocycles. The van der Waals surface area contributed by atoms with Crippen LogP contribution in [0.15, 0.2) is 91.1 Å². The minimum absolute atomic E-state index is 0.341. The summed E-state index contributed by atoms with van der Waals surface area (Å²) in [4.78, 5) is 41.1. The highest BCUT2D eigenvalue weighted by Gasteiger charge is 2.28. The van der Waals surface area contributed by atoms with Gasteiger partial charge in [-0.3, -0.25) is 14.4 Å². The lowest BCUT2D eigenvalue weighted by atomic mass is 9.99. The van der Waals surface area contributed by atoms with Crippen LogP contribution in [0, 0.1) is 0 Å². The molecule has 1 atom stereocenters. The van der Waals surface area contributed by atoms with Gasteiger partial charge in [0.05, 0.1) is 0 Å². The van der Waals surface area contributed by atoms with Crippen molar-refractivity contribution >= 4 is 28.6 Å². The van der Waals surface area contributed by atoms with E-state index in [9.17, 15) is 14.4 Å². The minimum atomic E-state index is -1.12. The van der Waals surface area contributed by atoms with Crippen molar-refractivity contribution in [2.24, 2.45) is 0 Å². The predicted molar refractivity (Wildman–Crippen MR) is 117 cm³/mol. The molecule has 3 aromatic carbocycles. The van der Waals surface area contributed by atoms with Gasteiger partial charge in [0.2, 0.25) is 5.78 Å². The Morgan fingerprint density at radius 1 is 0.839 bits per heavy atom. The van der Waals surface area contributed by atoms with E-state index in [1.54, 1.807) is 60.8 Å². The number of hydrogen-bond acceptors (Lipinski definition) is 4. The van der Waals surface area contributed by atoms with E-state index in [4.69, 9.17) is 4.74 Å². The number of para-hydroxylation sites is 1. The number of rotatable bonds is 7. The molecule has 0 aliphatic carbocycles. The van der Waals surface area contributed by atoms with Gasteiger partial charge in [0, 0.05) is 33.8 Å². The molecule has 0 fully saturated rings. The van der Waals surface area contributed by atoms with Crippen molar-refractivity contribution in [1.82, 2.24) is 10.3 Å². The Morgan fingerprint density at radius 2 is 1.48 bits per heavy atom. The van der Waals surface area contributed by atoms with Crippen molar-refractivity contribution in [3.63, 3.8) is 0 Å². The summed E-state index contributed by atoms with van der Waals surface area (Å²) in [5, 5.41) is 3.28. The van der Waals surface area contributed by atoms with Gasteiger partial charge in [-0.05, 0) is 18.2 Å².